The van der Waals surface area contributed by atoms with Crippen LogP contribution in [-0.2, 0) is 6.42 Å². The molecule has 2 aromatic heterocycles. The fourth-order valence-corrected chi connectivity index (χ4v) is 3.64. The average molecular weight is 439 g/mol. The van der Waals surface area contributed by atoms with Gasteiger partial charge in [-0.3, -0.25) is 9.59 Å². The zero-order chi connectivity index (χ0) is 19.9. The van der Waals surface area contributed by atoms with Gasteiger partial charge in [-0.05, 0) is 50.1 Å². The maximum Gasteiger partial charge on any atom is 0.259 e. The van der Waals surface area contributed by atoms with Gasteiger partial charge in [-0.1, -0.05) is 40.2 Å². The molecule has 0 unspecified atom stereocenters. The molecule has 7 heteroatoms. The fraction of sp³-hybridized carbons (Fsp3) is 0.190. The highest BCUT2D eigenvalue weighted by atomic mass is 79.9. The number of rotatable bonds is 4. The third kappa shape index (κ3) is 3.45. The third-order valence-electron chi connectivity index (χ3n) is 4.63. The van der Waals surface area contributed by atoms with Gasteiger partial charge >= 0.3 is 0 Å². The zero-order valence-corrected chi connectivity index (χ0v) is 17.1. The van der Waals surface area contributed by atoms with Gasteiger partial charge in [0.15, 0.2) is 0 Å². The zero-order valence-electron chi connectivity index (χ0n) is 15.5. The normalized spacial score (nSPS) is 11.8. The lowest BCUT2D eigenvalue weighted by Gasteiger charge is -2.26. The fourth-order valence-electron chi connectivity index (χ4n) is 3.37. The number of nitrogens with zero attached hydrogens (tertiary/aromatic N) is 2. The van der Waals surface area contributed by atoms with Gasteiger partial charge in [0.1, 0.15) is 11.2 Å². The van der Waals surface area contributed by atoms with E-state index < -0.39 is 5.54 Å². The quantitative estimate of drug-likeness (QED) is 0.509. The summed E-state index contributed by atoms with van der Waals surface area (Å²) in [5.74, 6) is -0.275. The maximum absolute atomic E-state index is 12.9. The minimum atomic E-state index is -0.476. The minimum Gasteiger partial charge on any atom is -0.347 e. The van der Waals surface area contributed by atoms with E-state index in [2.05, 4.69) is 31.3 Å². The van der Waals surface area contributed by atoms with E-state index in [1.807, 2.05) is 50.2 Å². The lowest BCUT2D eigenvalue weighted by atomic mass is 9.94. The number of hydrogen-bond acceptors (Lipinski definition) is 3. The molecule has 0 radical (unpaired) electrons. The first-order valence-corrected chi connectivity index (χ1v) is 9.69. The van der Waals surface area contributed by atoms with E-state index in [4.69, 9.17) is 0 Å². The van der Waals surface area contributed by atoms with Crippen molar-refractivity contribution in [3.05, 3.63) is 80.7 Å². The molecule has 28 heavy (non-hydrogen) atoms. The Morgan fingerprint density at radius 2 is 1.89 bits per heavy atom. The summed E-state index contributed by atoms with van der Waals surface area (Å²) in [6.45, 7) is 3.94. The summed E-state index contributed by atoms with van der Waals surface area (Å²) >= 11 is 3.43. The van der Waals surface area contributed by atoms with Crippen LogP contribution in [-0.4, -0.2) is 26.0 Å². The topological polar surface area (TPSA) is 79.3 Å². The van der Waals surface area contributed by atoms with Gasteiger partial charge in [0, 0.05) is 10.0 Å². The molecule has 0 aliphatic heterocycles. The molecule has 0 fully saturated rings. The molecule has 0 bridgehead atoms. The first-order chi connectivity index (χ1) is 13.3. The van der Waals surface area contributed by atoms with Gasteiger partial charge in [-0.25, -0.2) is 4.52 Å². The molecule has 2 aromatic carbocycles. The molecule has 0 aliphatic rings. The Kier molecular flexibility index (Phi) is 4.55. The molecule has 4 rings (SSSR count). The van der Waals surface area contributed by atoms with E-state index in [-0.39, 0.29) is 11.5 Å². The standard InChI is InChI=1S/C21H19BrN4O2/c1-21(2,11-13-7-9-14(22)10-8-13)25-20(28)16-12-23-26-17-6-4-3-5-15(17)19(27)24-18(16)26/h3-10,12H,11H2,1-2H3,(H,24,27)(H,25,28). The Balaban J connectivity index is 1.65. The molecule has 0 atom stereocenters. The number of fused-ring (bicyclic) bond motifs is 3. The van der Waals surface area contributed by atoms with Crippen LogP contribution in [0.3, 0.4) is 0 Å². The van der Waals surface area contributed by atoms with Crippen molar-refractivity contribution >= 4 is 38.4 Å². The average Bonchev–Trinajstić information content (AvgIpc) is 3.07. The molecule has 2 N–H and O–H groups in total. The third-order valence-corrected chi connectivity index (χ3v) is 5.16. The summed E-state index contributed by atoms with van der Waals surface area (Å²) in [4.78, 5) is 28.1. The van der Waals surface area contributed by atoms with Gasteiger partial charge in [-0.2, -0.15) is 5.10 Å². The SMILES string of the molecule is CC(C)(Cc1ccc(Br)cc1)NC(=O)c1cnn2c1[nH]c(=O)c1ccccc12. The molecular weight excluding hydrogens is 420 g/mol. The molecule has 0 saturated heterocycles. The van der Waals surface area contributed by atoms with Crippen molar-refractivity contribution in [1.82, 2.24) is 19.9 Å². The largest absolute Gasteiger partial charge is 0.347 e. The summed E-state index contributed by atoms with van der Waals surface area (Å²) in [5, 5.41) is 7.90. The van der Waals surface area contributed by atoms with Crippen LogP contribution in [0, 0.1) is 0 Å². The molecule has 4 aromatic rings. The lowest BCUT2D eigenvalue weighted by molar-refractivity contribution is 0.0914. The molecule has 0 spiro atoms. The Hall–Kier alpha value is -2.93. The van der Waals surface area contributed by atoms with Crippen LogP contribution >= 0.6 is 15.9 Å². The molecule has 6 nitrogen and oxygen atoms in total. The lowest BCUT2D eigenvalue weighted by Crippen LogP contribution is -2.45. The predicted molar refractivity (Wildman–Crippen MR) is 113 cm³/mol. The summed E-state index contributed by atoms with van der Waals surface area (Å²) in [6.07, 6.45) is 2.16. The van der Waals surface area contributed by atoms with Crippen LogP contribution in [0.4, 0.5) is 0 Å². The smallest absolute Gasteiger partial charge is 0.259 e. The monoisotopic (exact) mass is 438 g/mol. The highest BCUT2D eigenvalue weighted by Crippen LogP contribution is 2.18. The van der Waals surface area contributed by atoms with E-state index >= 15 is 0 Å². The second-order valence-corrected chi connectivity index (χ2v) is 8.35. The first-order valence-electron chi connectivity index (χ1n) is 8.90. The van der Waals surface area contributed by atoms with Crippen molar-refractivity contribution in [3.8, 4) is 0 Å². The number of hydrogen-bond donors (Lipinski definition) is 2. The number of aromatic nitrogens is 3. The Morgan fingerprint density at radius 3 is 2.64 bits per heavy atom. The number of nitrogens with one attached hydrogen (secondary N) is 2. The molecule has 2 heterocycles. The van der Waals surface area contributed by atoms with Crippen LogP contribution in [0.2, 0.25) is 0 Å². The summed E-state index contributed by atoms with van der Waals surface area (Å²) in [5.41, 5.74) is 1.79. The van der Waals surface area contributed by atoms with Crippen molar-refractivity contribution < 1.29 is 4.79 Å². The molecule has 1 amide bonds. The van der Waals surface area contributed by atoms with Gasteiger partial charge in [0.25, 0.3) is 11.5 Å². The Morgan fingerprint density at radius 1 is 1.18 bits per heavy atom. The van der Waals surface area contributed by atoms with Crippen molar-refractivity contribution in [2.75, 3.05) is 0 Å². The van der Waals surface area contributed by atoms with Gasteiger partial charge < -0.3 is 10.3 Å². The van der Waals surface area contributed by atoms with Crippen LogP contribution < -0.4 is 10.9 Å². The van der Waals surface area contributed by atoms with E-state index in [9.17, 15) is 9.59 Å². The van der Waals surface area contributed by atoms with Crippen molar-refractivity contribution in [2.24, 2.45) is 0 Å². The van der Waals surface area contributed by atoms with E-state index in [1.54, 1.807) is 16.6 Å². The van der Waals surface area contributed by atoms with E-state index in [0.717, 1.165) is 10.0 Å². The van der Waals surface area contributed by atoms with Gasteiger partial charge in [-0.15, -0.1) is 0 Å². The maximum atomic E-state index is 12.9. The van der Waals surface area contributed by atoms with Crippen LogP contribution in [0.15, 0.2) is 64.0 Å². The van der Waals surface area contributed by atoms with Crippen molar-refractivity contribution in [3.63, 3.8) is 0 Å². The molecule has 142 valence electrons. The summed E-state index contributed by atoms with van der Waals surface area (Å²) in [6, 6.07) is 15.2. The number of halogens is 1. The Labute approximate surface area is 169 Å². The van der Waals surface area contributed by atoms with Crippen LogP contribution in [0.25, 0.3) is 16.6 Å². The Bertz CT molecular complexity index is 1240. The first kappa shape index (κ1) is 18.4. The van der Waals surface area contributed by atoms with Gasteiger partial charge in [0.2, 0.25) is 0 Å². The number of amides is 1. The van der Waals surface area contributed by atoms with E-state index in [0.29, 0.717) is 28.5 Å². The van der Waals surface area contributed by atoms with E-state index in [1.165, 1.54) is 6.20 Å². The summed E-state index contributed by atoms with van der Waals surface area (Å²) in [7, 11) is 0. The predicted octanol–water partition coefficient (Wildman–Crippen LogP) is 3.69. The van der Waals surface area contributed by atoms with Crippen LogP contribution in [0.5, 0.6) is 0 Å². The molecule has 0 aliphatic carbocycles. The summed E-state index contributed by atoms with van der Waals surface area (Å²) < 4.78 is 2.61. The van der Waals surface area contributed by atoms with Crippen molar-refractivity contribution in [2.45, 2.75) is 25.8 Å². The number of H-pyrrole nitrogens is 1. The van der Waals surface area contributed by atoms with Crippen LogP contribution in [0.1, 0.15) is 29.8 Å². The number of para-hydroxylation sites is 1. The molecule has 0 saturated carbocycles. The number of aromatic amines is 1. The molecular formula is C21H19BrN4O2. The van der Waals surface area contributed by atoms with Crippen molar-refractivity contribution in [1.29, 1.82) is 0 Å². The van der Waals surface area contributed by atoms with Gasteiger partial charge in [0.05, 0.1) is 17.1 Å². The second kappa shape index (κ2) is 6.91. The minimum absolute atomic E-state index is 0.244. The number of carbonyl (C=O) groups excluding carboxylic acids is 1. The highest BCUT2D eigenvalue weighted by Gasteiger charge is 2.24. The highest BCUT2D eigenvalue weighted by molar-refractivity contribution is 9.10. The number of benzene rings is 2. The second-order valence-electron chi connectivity index (χ2n) is 7.43. The number of carbonyl (C=O) groups is 1.